The van der Waals surface area contributed by atoms with Crippen molar-refractivity contribution in [1.29, 1.82) is 0 Å². The molecule has 1 atom stereocenters. The molecule has 0 fully saturated rings. The first kappa shape index (κ1) is 12.7. The second kappa shape index (κ2) is 4.88. The number of hydrogen-bond donors (Lipinski definition) is 2. The van der Waals surface area contributed by atoms with E-state index in [-0.39, 0.29) is 18.2 Å². The summed E-state index contributed by atoms with van der Waals surface area (Å²) >= 11 is 0. The van der Waals surface area contributed by atoms with E-state index >= 15 is 0 Å². The van der Waals surface area contributed by atoms with E-state index in [0.717, 1.165) is 17.5 Å². The second-order valence-electron chi connectivity index (χ2n) is 4.53. The third kappa shape index (κ3) is 2.14. The van der Waals surface area contributed by atoms with Crippen molar-refractivity contribution in [3.8, 4) is 0 Å². The second-order valence-corrected chi connectivity index (χ2v) is 4.53. The van der Waals surface area contributed by atoms with Crippen molar-refractivity contribution in [3.05, 3.63) is 29.3 Å². The normalized spacial score (nSPS) is 15.7. The Morgan fingerprint density at radius 2 is 2.22 bits per heavy atom. The van der Waals surface area contributed by atoms with Crippen LogP contribution in [0.1, 0.15) is 18.1 Å². The van der Waals surface area contributed by atoms with Crippen molar-refractivity contribution in [2.75, 3.05) is 11.4 Å². The van der Waals surface area contributed by atoms with E-state index in [9.17, 15) is 9.59 Å². The molecule has 2 amide bonds. The number of nitrogens with zero attached hydrogens (tertiary/aromatic N) is 1. The highest BCUT2D eigenvalue weighted by molar-refractivity contribution is 6.20. The number of nitrogens with two attached hydrogens (primary N) is 2. The fourth-order valence-corrected chi connectivity index (χ4v) is 2.14. The highest BCUT2D eigenvalue weighted by Crippen LogP contribution is 2.30. The molecule has 0 radical (unpaired) electrons. The maximum Gasteiger partial charge on any atom is 0.250 e. The molecule has 2 rings (SSSR count). The highest BCUT2D eigenvalue weighted by Gasteiger charge is 2.33. The SMILES string of the molecule is CC(N)C(=O)N1C(=O)Cc2cc(CCN)ccc21. The first-order valence-corrected chi connectivity index (χ1v) is 5.99. The molecule has 0 spiro atoms. The van der Waals surface area contributed by atoms with Crippen LogP contribution in [-0.2, 0) is 22.4 Å². The number of benzene rings is 1. The molecule has 0 bridgehead atoms. The lowest BCUT2D eigenvalue weighted by atomic mass is 10.1. The monoisotopic (exact) mass is 247 g/mol. The maximum atomic E-state index is 11.9. The van der Waals surface area contributed by atoms with Gasteiger partial charge in [0.25, 0.3) is 0 Å². The van der Waals surface area contributed by atoms with E-state index < -0.39 is 6.04 Å². The number of imide groups is 1. The molecule has 0 aliphatic carbocycles. The Kier molecular flexibility index (Phi) is 3.45. The van der Waals surface area contributed by atoms with Gasteiger partial charge in [-0.15, -0.1) is 0 Å². The van der Waals surface area contributed by atoms with Crippen LogP contribution in [0.25, 0.3) is 0 Å². The molecule has 5 nitrogen and oxygen atoms in total. The number of amides is 2. The van der Waals surface area contributed by atoms with Crippen LogP contribution >= 0.6 is 0 Å². The van der Waals surface area contributed by atoms with Crippen molar-refractivity contribution < 1.29 is 9.59 Å². The first-order valence-electron chi connectivity index (χ1n) is 5.99. The molecular weight excluding hydrogens is 230 g/mol. The van der Waals surface area contributed by atoms with Gasteiger partial charge in [0, 0.05) is 0 Å². The van der Waals surface area contributed by atoms with Crippen LogP contribution in [-0.4, -0.2) is 24.4 Å². The predicted octanol–water partition coefficient (Wildman–Crippen LogP) is -0.0493. The molecule has 0 saturated heterocycles. The van der Waals surface area contributed by atoms with Crippen LogP contribution in [0.3, 0.4) is 0 Å². The minimum atomic E-state index is -0.677. The zero-order chi connectivity index (χ0) is 13.3. The molecule has 1 aromatic carbocycles. The Morgan fingerprint density at radius 1 is 1.50 bits per heavy atom. The van der Waals surface area contributed by atoms with Gasteiger partial charge in [-0.1, -0.05) is 12.1 Å². The number of rotatable bonds is 3. The molecule has 1 aromatic rings. The van der Waals surface area contributed by atoms with Crippen LogP contribution in [0, 0.1) is 0 Å². The van der Waals surface area contributed by atoms with E-state index in [2.05, 4.69) is 0 Å². The average Bonchev–Trinajstić information content (AvgIpc) is 2.63. The van der Waals surface area contributed by atoms with Gasteiger partial charge >= 0.3 is 0 Å². The van der Waals surface area contributed by atoms with Crippen LogP contribution in [0.5, 0.6) is 0 Å². The summed E-state index contributed by atoms with van der Waals surface area (Å²) in [5.74, 6) is -0.567. The minimum Gasteiger partial charge on any atom is -0.330 e. The molecule has 96 valence electrons. The summed E-state index contributed by atoms with van der Waals surface area (Å²) in [4.78, 5) is 24.9. The summed E-state index contributed by atoms with van der Waals surface area (Å²) in [5, 5.41) is 0. The molecule has 1 aliphatic rings. The van der Waals surface area contributed by atoms with E-state index in [1.165, 1.54) is 4.90 Å². The largest absolute Gasteiger partial charge is 0.330 e. The van der Waals surface area contributed by atoms with Crippen LogP contribution in [0.2, 0.25) is 0 Å². The lowest BCUT2D eigenvalue weighted by molar-refractivity contribution is -0.126. The van der Waals surface area contributed by atoms with Crippen LogP contribution in [0.4, 0.5) is 5.69 Å². The molecule has 0 aromatic heterocycles. The van der Waals surface area contributed by atoms with Gasteiger partial charge in [-0.25, -0.2) is 4.90 Å². The van der Waals surface area contributed by atoms with E-state index in [1.54, 1.807) is 13.0 Å². The Morgan fingerprint density at radius 3 is 2.83 bits per heavy atom. The van der Waals surface area contributed by atoms with Gasteiger partial charge in [-0.3, -0.25) is 9.59 Å². The Bertz CT molecular complexity index is 497. The Labute approximate surface area is 106 Å². The third-order valence-electron chi connectivity index (χ3n) is 3.02. The first-order chi connectivity index (χ1) is 8.54. The molecule has 1 heterocycles. The summed E-state index contributed by atoms with van der Waals surface area (Å²) < 4.78 is 0. The fraction of sp³-hybridized carbons (Fsp3) is 0.385. The minimum absolute atomic E-state index is 0.211. The number of anilines is 1. The van der Waals surface area contributed by atoms with Crippen molar-refractivity contribution in [2.45, 2.75) is 25.8 Å². The lowest BCUT2D eigenvalue weighted by Crippen LogP contribution is -2.43. The summed E-state index contributed by atoms with van der Waals surface area (Å²) in [6.45, 7) is 2.14. The van der Waals surface area contributed by atoms with Gasteiger partial charge in [-0.05, 0) is 37.1 Å². The molecule has 18 heavy (non-hydrogen) atoms. The number of carbonyl (C=O) groups is 2. The van der Waals surface area contributed by atoms with Crippen molar-refractivity contribution in [2.24, 2.45) is 11.5 Å². The Hall–Kier alpha value is -1.72. The standard InChI is InChI=1S/C13H17N3O2/c1-8(15)13(18)16-11-3-2-9(4-5-14)6-10(11)7-12(16)17/h2-3,6,8H,4-5,7,14-15H2,1H3. The number of hydrogen-bond acceptors (Lipinski definition) is 4. The summed E-state index contributed by atoms with van der Waals surface area (Å²) in [7, 11) is 0. The summed E-state index contributed by atoms with van der Waals surface area (Å²) in [5.41, 5.74) is 13.7. The lowest BCUT2D eigenvalue weighted by Gasteiger charge is -2.17. The Balaban J connectivity index is 2.35. The van der Waals surface area contributed by atoms with Gasteiger partial charge in [0.1, 0.15) is 0 Å². The van der Waals surface area contributed by atoms with Crippen molar-refractivity contribution >= 4 is 17.5 Å². The molecular formula is C13H17N3O2. The highest BCUT2D eigenvalue weighted by atomic mass is 16.2. The smallest absolute Gasteiger partial charge is 0.250 e. The number of fused-ring (bicyclic) bond motifs is 1. The molecule has 1 aliphatic heterocycles. The van der Waals surface area contributed by atoms with E-state index in [0.29, 0.717) is 12.2 Å². The van der Waals surface area contributed by atoms with E-state index in [4.69, 9.17) is 11.5 Å². The number of carbonyl (C=O) groups excluding carboxylic acids is 2. The van der Waals surface area contributed by atoms with Crippen LogP contribution < -0.4 is 16.4 Å². The quantitative estimate of drug-likeness (QED) is 0.783. The molecule has 1 unspecified atom stereocenters. The average molecular weight is 247 g/mol. The maximum absolute atomic E-state index is 11.9. The van der Waals surface area contributed by atoms with Gasteiger partial charge in [0.15, 0.2) is 0 Å². The summed E-state index contributed by atoms with van der Waals surface area (Å²) in [6.07, 6.45) is 1.02. The van der Waals surface area contributed by atoms with Gasteiger partial charge in [0.05, 0.1) is 18.2 Å². The molecule has 0 saturated carbocycles. The van der Waals surface area contributed by atoms with Gasteiger partial charge in [-0.2, -0.15) is 0 Å². The predicted molar refractivity (Wildman–Crippen MR) is 69.0 cm³/mol. The van der Waals surface area contributed by atoms with Crippen molar-refractivity contribution in [1.82, 2.24) is 0 Å². The molecule has 4 N–H and O–H groups in total. The topological polar surface area (TPSA) is 89.4 Å². The molecule has 5 heteroatoms. The van der Waals surface area contributed by atoms with Crippen LogP contribution in [0.15, 0.2) is 18.2 Å². The fourth-order valence-electron chi connectivity index (χ4n) is 2.14. The van der Waals surface area contributed by atoms with E-state index in [1.807, 2.05) is 12.1 Å². The zero-order valence-electron chi connectivity index (χ0n) is 10.3. The zero-order valence-corrected chi connectivity index (χ0v) is 10.3. The third-order valence-corrected chi connectivity index (χ3v) is 3.02. The van der Waals surface area contributed by atoms with Crippen molar-refractivity contribution in [3.63, 3.8) is 0 Å². The van der Waals surface area contributed by atoms with Gasteiger partial charge in [0.2, 0.25) is 11.8 Å². The van der Waals surface area contributed by atoms with Gasteiger partial charge < -0.3 is 11.5 Å². The summed E-state index contributed by atoms with van der Waals surface area (Å²) in [6, 6.07) is 4.95.